The second-order valence-electron chi connectivity index (χ2n) is 5.82. The average Bonchev–Trinajstić information content (AvgIpc) is 2.32. The van der Waals surface area contributed by atoms with Crippen molar-refractivity contribution >= 4 is 6.34 Å². The van der Waals surface area contributed by atoms with Crippen molar-refractivity contribution < 1.29 is 14.3 Å². The molecule has 0 spiro atoms. The molecule has 0 saturated carbocycles. The second kappa shape index (κ2) is 3.27. The molecule has 1 unspecified atom stereocenters. The Morgan fingerprint density at radius 3 is 2.33 bits per heavy atom. The zero-order valence-electron chi connectivity index (χ0n) is 9.73. The topological polar surface area (TPSA) is 29.0 Å². The van der Waals surface area contributed by atoms with E-state index in [1.54, 1.807) is 0 Å². The smallest absolute Gasteiger partial charge is 0.182 e. The number of nitrogens with zero attached hydrogens (tertiary/aromatic N) is 3. The highest BCUT2D eigenvalue weighted by molar-refractivity contribution is 5.42. The molecule has 0 aromatic heterocycles. The van der Waals surface area contributed by atoms with Gasteiger partial charge >= 0.3 is 0 Å². The van der Waals surface area contributed by atoms with Crippen LogP contribution in [0, 0.1) is 0 Å². The Morgan fingerprint density at radius 2 is 1.80 bits per heavy atom. The van der Waals surface area contributed by atoms with Gasteiger partial charge in [0.05, 0.1) is 7.05 Å². The van der Waals surface area contributed by atoms with Gasteiger partial charge in [-0.3, -0.25) is 5.32 Å². The summed E-state index contributed by atoms with van der Waals surface area (Å²) in [6.07, 6.45) is 2.00. The molecule has 0 radical (unpaired) electrons. The van der Waals surface area contributed by atoms with Gasteiger partial charge in [-0.1, -0.05) is 0 Å². The van der Waals surface area contributed by atoms with Gasteiger partial charge in [0.25, 0.3) is 0 Å². The number of piperazine rings is 3. The maximum atomic E-state index is 4.46. The van der Waals surface area contributed by atoms with Gasteiger partial charge in [0.15, 0.2) is 12.4 Å². The summed E-state index contributed by atoms with van der Waals surface area (Å²) >= 11 is 0. The summed E-state index contributed by atoms with van der Waals surface area (Å²) in [4.78, 5) is 4.46. The molecular weight excluding hydrogens is 188 g/mol. The van der Waals surface area contributed by atoms with Crippen molar-refractivity contribution in [2.24, 2.45) is 4.99 Å². The number of hydrogen-bond acceptors (Lipinski definition) is 1. The molecule has 4 heterocycles. The van der Waals surface area contributed by atoms with Crippen molar-refractivity contribution in [3.63, 3.8) is 0 Å². The van der Waals surface area contributed by atoms with E-state index in [1.807, 2.05) is 6.34 Å². The Labute approximate surface area is 91.8 Å². The third-order valence-electron chi connectivity index (χ3n) is 4.97. The van der Waals surface area contributed by atoms with E-state index in [0.717, 1.165) is 12.6 Å². The molecule has 0 amide bonds. The zero-order chi connectivity index (χ0) is 10.4. The van der Waals surface area contributed by atoms with E-state index in [0.29, 0.717) is 0 Å². The van der Waals surface area contributed by atoms with Gasteiger partial charge in [-0.15, -0.1) is 0 Å². The quantitative estimate of drug-likeness (QED) is 0.499. The molecule has 4 aliphatic heterocycles. The Balaban J connectivity index is 1.77. The predicted molar refractivity (Wildman–Crippen MR) is 59.6 cm³/mol. The molecule has 0 aromatic rings. The first-order chi connectivity index (χ1) is 7.23. The number of hydrogen-bond donors (Lipinski definition) is 1. The van der Waals surface area contributed by atoms with E-state index >= 15 is 0 Å². The minimum Gasteiger partial charge on any atom is -0.312 e. The van der Waals surface area contributed by atoms with Crippen LogP contribution in [0.4, 0.5) is 0 Å². The predicted octanol–water partition coefficient (Wildman–Crippen LogP) is -1.75. The lowest BCUT2D eigenvalue weighted by Gasteiger charge is -2.56. The van der Waals surface area contributed by atoms with E-state index in [-0.39, 0.29) is 0 Å². The fourth-order valence-electron chi connectivity index (χ4n) is 3.49. The number of rotatable bonds is 1. The van der Waals surface area contributed by atoms with E-state index in [2.05, 4.69) is 17.4 Å². The van der Waals surface area contributed by atoms with Crippen molar-refractivity contribution in [3.05, 3.63) is 0 Å². The Bertz CT molecular complexity index is 262. The average molecular weight is 211 g/mol. The molecule has 4 rings (SSSR count). The first kappa shape index (κ1) is 9.75. The number of fused-ring (bicyclic) bond motifs is 3. The maximum absolute atomic E-state index is 4.46. The van der Waals surface area contributed by atoms with Crippen molar-refractivity contribution in [2.75, 3.05) is 59.4 Å². The van der Waals surface area contributed by atoms with Crippen LogP contribution in [0.25, 0.3) is 0 Å². The molecule has 0 aromatic carbocycles. The number of aliphatic imine (C=N–C) groups is 1. The van der Waals surface area contributed by atoms with Crippen molar-refractivity contribution in [3.8, 4) is 0 Å². The first-order valence-electron chi connectivity index (χ1n) is 6.24. The molecule has 3 fully saturated rings. The van der Waals surface area contributed by atoms with Gasteiger partial charge in [-0.25, -0.2) is 4.99 Å². The standard InChI is InChI=1S/C11H22N4/c1-14-2-5-15(6-3-14,7-4-14)11-8-12-10-13-9-11/h10-11H,2-9H2,1H3,(H,12,13)/q+2/p+1. The van der Waals surface area contributed by atoms with Crippen molar-refractivity contribution in [1.82, 2.24) is 0 Å². The number of quaternary nitrogens is 3. The van der Waals surface area contributed by atoms with Gasteiger partial charge in [0.2, 0.25) is 0 Å². The minimum atomic E-state index is 0.795. The monoisotopic (exact) mass is 211 g/mol. The highest BCUT2D eigenvalue weighted by Crippen LogP contribution is 2.27. The first-order valence-corrected chi connectivity index (χ1v) is 6.24. The Morgan fingerprint density at radius 1 is 1.13 bits per heavy atom. The summed E-state index contributed by atoms with van der Waals surface area (Å²) < 4.78 is 2.71. The van der Waals surface area contributed by atoms with Crippen LogP contribution in [-0.2, 0) is 0 Å². The van der Waals surface area contributed by atoms with Crippen LogP contribution >= 0.6 is 0 Å². The molecule has 15 heavy (non-hydrogen) atoms. The van der Waals surface area contributed by atoms with Gasteiger partial charge in [-0.05, 0) is 0 Å². The normalized spacial score (nSPS) is 49.5. The maximum Gasteiger partial charge on any atom is 0.182 e. The van der Waals surface area contributed by atoms with Gasteiger partial charge in [-0.2, -0.15) is 0 Å². The van der Waals surface area contributed by atoms with Crippen molar-refractivity contribution in [2.45, 2.75) is 6.04 Å². The van der Waals surface area contributed by atoms with Gasteiger partial charge in [0.1, 0.15) is 52.4 Å². The van der Waals surface area contributed by atoms with Crippen LogP contribution in [0.1, 0.15) is 0 Å². The molecule has 3 saturated heterocycles. The lowest BCUT2D eigenvalue weighted by atomic mass is 10.0. The molecule has 4 aliphatic rings. The largest absolute Gasteiger partial charge is 0.312 e. The van der Waals surface area contributed by atoms with E-state index in [1.165, 1.54) is 54.8 Å². The van der Waals surface area contributed by atoms with Gasteiger partial charge < -0.3 is 8.97 Å². The third-order valence-corrected chi connectivity index (χ3v) is 4.97. The van der Waals surface area contributed by atoms with Crippen molar-refractivity contribution in [1.29, 1.82) is 0 Å². The summed E-state index contributed by atoms with van der Waals surface area (Å²) in [6, 6.07) is 0.795. The molecule has 84 valence electrons. The van der Waals surface area contributed by atoms with Crippen LogP contribution in [0.2, 0.25) is 0 Å². The Hall–Kier alpha value is -0.450. The number of nitrogens with two attached hydrogens (primary N) is 1. The van der Waals surface area contributed by atoms with E-state index in [9.17, 15) is 0 Å². The van der Waals surface area contributed by atoms with Crippen LogP contribution in [-0.4, -0.2) is 80.8 Å². The molecule has 0 aliphatic carbocycles. The number of likely N-dealkylation sites (N-methyl/N-ethyl adjacent to an activating group) is 1. The highest BCUT2D eigenvalue weighted by atomic mass is 15.5. The molecule has 2 bridgehead atoms. The van der Waals surface area contributed by atoms with E-state index < -0.39 is 0 Å². The Kier molecular flexibility index (Phi) is 2.13. The second-order valence-corrected chi connectivity index (χ2v) is 5.82. The fraction of sp³-hybridized carbons (Fsp3) is 0.909. The lowest BCUT2D eigenvalue weighted by molar-refractivity contribution is -1.09. The summed E-state index contributed by atoms with van der Waals surface area (Å²) in [5, 5.41) is 2.26. The zero-order valence-corrected chi connectivity index (χ0v) is 9.73. The van der Waals surface area contributed by atoms with E-state index in [4.69, 9.17) is 0 Å². The molecular formula is C11H23N4+3. The molecule has 4 heteroatoms. The summed E-state index contributed by atoms with van der Waals surface area (Å²) in [5.74, 6) is 0. The molecule has 4 nitrogen and oxygen atoms in total. The lowest BCUT2D eigenvalue weighted by Crippen LogP contribution is -2.91. The molecule has 1 atom stereocenters. The minimum absolute atomic E-state index is 0.795. The van der Waals surface area contributed by atoms with Gasteiger partial charge in [0, 0.05) is 0 Å². The highest BCUT2D eigenvalue weighted by Gasteiger charge is 2.51. The van der Waals surface area contributed by atoms with Crippen LogP contribution in [0.3, 0.4) is 0 Å². The van der Waals surface area contributed by atoms with Crippen LogP contribution in [0.15, 0.2) is 4.99 Å². The fourth-order valence-corrected chi connectivity index (χ4v) is 3.49. The SMILES string of the molecule is C[N+]12CC[N+](C3CN=C[NH2+]C3)(CC1)CC2. The summed E-state index contributed by atoms with van der Waals surface area (Å²) in [6.45, 7) is 10.7. The summed E-state index contributed by atoms with van der Waals surface area (Å²) in [7, 11) is 2.43. The molecule has 2 N–H and O–H groups in total. The summed E-state index contributed by atoms with van der Waals surface area (Å²) in [5.41, 5.74) is 0. The van der Waals surface area contributed by atoms with Crippen LogP contribution < -0.4 is 5.32 Å². The third kappa shape index (κ3) is 1.51. The van der Waals surface area contributed by atoms with Crippen LogP contribution in [0.5, 0.6) is 0 Å².